The molecule has 4 rings (SSSR count). The van der Waals surface area contributed by atoms with Gasteiger partial charge in [-0.05, 0) is 42.0 Å². The van der Waals surface area contributed by atoms with Crippen LogP contribution in [0.3, 0.4) is 0 Å². The molecule has 1 aromatic heterocycles. The lowest BCUT2D eigenvalue weighted by atomic mass is 10.00. The van der Waals surface area contributed by atoms with Crippen molar-refractivity contribution in [2.75, 3.05) is 5.32 Å². The van der Waals surface area contributed by atoms with Crippen molar-refractivity contribution >= 4 is 22.6 Å². The van der Waals surface area contributed by atoms with Crippen molar-refractivity contribution in [3.05, 3.63) is 78.6 Å². The molecular formula is C22H16F3N3O. The number of imidazole rings is 1. The zero-order valence-corrected chi connectivity index (χ0v) is 15.4. The Balaban J connectivity index is 2.00. The van der Waals surface area contributed by atoms with Crippen LogP contribution < -0.4 is 5.32 Å². The van der Waals surface area contributed by atoms with E-state index in [1.807, 2.05) is 30.3 Å². The summed E-state index contributed by atoms with van der Waals surface area (Å²) in [6, 6.07) is 18.2. The van der Waals surface area contributed by atoms with E-state index in [4.69, 9.17) is 0 Å². The van der Waals surface area contributed by atoms with E-state index in [9.17, 15) is 18.0 Å². The lowest BCUT2D eigenvalue weighted by Gasteiger charge is -2.14. The van der Waals surface area contributed by atoms with E-state index in [1.165, 1.54) is 13.3 Å². The highest BCUT2D eigenvalue weighted by atomic mass is 19.4. The number of carbonyl (C=O) groups is 1. The molecule has 0 fully saturated rings. The predicted molar refractivity (Wildman–Crippen MR) is 106 cm³/mol. The monoisotopic (exact) mass is 395 g/mol. The van der Waals surface area contributed by atoms with Crippen LogP contribution in [0.5, 0.6) is 0 Å². The Bertz CT molecular complexity index is 1200. The zero-order chi connectivity index (χ0) is 20.6. The van der Waals surface area contributed by atoms with E-state index < -0.39 is 11.7 Å². The van der Waals surface area contributed by atoms with Crippen LogP contribution in [0.4, 0.5) is 18.9 Å². The maximum atomic E-state index is 13.5. The minimum atomic E-state index is -4.51. The Labute approximate surface area is 164 Å². The second kappa shape index (κ2) is 7.09. The number of rotatable bonds is 3. The van der Waals surface area contributed by atoms with Gasteiger partial charge in [0.2, 0.25) is 5.91 Å². The smallest absolute Gasteiger partial charge is 0.326 e. The predicted octanol–water partition coefficient (Wildman–Crippen LogP) is 5.67. The number of amides is 1. The number of fused-ring (bicyclic) bond motifs is 1. The molecule has 7 heteroatoms. The molecule has 3 aromatic carbocycles. The molecule has 4 nitrogen and oxygen atoms in total. The molecule has 0 spiro atoms. The minimum absolute atomic E-state index is 0.239. The van der Waals surface area contributed by atoms with E-state index in [-0.39, 0.29) is 11.4 Å². The van der Waals surface area contributed by atoms with Crippen molar-refractivity contribution in [2.45, 2.75) is 13.1 Å². The molecule has 0 radical (unpaired) electrons. The number of hydrogen-bond acceptors (Lipinski definition) is 2. The standard InChI is InChI=1S/C22H16F3N3O/c1-14(29)27-17-7-5-6-15(10-17)19-11-16(22(23,24)25)12-20-21(19)28(13-26-20)18-8-3-2-4-9-18/h2-13H,1H3,(H,27,29). The van der Waals surface area contributed by atoms with E-state index in [0.29, 0.717) is 22.3 Å². The fraction of sp³-hybridized carbons (Fsp3) is 0.0909. The Morgan fingerprint density at radius 2 is 1.76 bits per heavy atom. The number of alkyl halides is 3. The highest BCUT2D eigenvalue weighted by molar-refractivity contribution is 5.96. The summed E-state index contributed by atoms with van der Waals surface area (Å²) in [5.41, 5.74) is 2.24. The Hall–Kier alpha value is -3.61. The Morgan fingerprint density at radius 3 is 2.45 bits per heavy atom. The minimum Gasteiger partial charge on any atom is -0.326 e. The van der Waals surface area contributed by atoms with Crippen LogP contribution in [-0.2, 0) is 11.0 Å². The molecule has 0 aliphatic heterocycles. The summed E-state index contributed by atoms with van der Waals surface area (Å²) < 4.78 is 42.3. The van der Waals surface area contributed by atoms with Gasteiger partial charge in [-0.1, -0.05) is 30.3 Å². The van der Waals surface area contributed by atoms with Crippen LogP contribution in [-0.4, -0.2) is 15.5 Å². The van der Waals surface area contributed by atoms with Gasteiger partial charge in [-0.25, -0.2) is 4.98 Å². The largest absolute Gasteiger partial charge is 0.416 e. The van der Waals surface area contributed by atoms with E-state index in [2.05, 4.69) is 10.3 Å². The lowest BCUT2D eigenvalue weighted by molar-refractivity contribution is -0.137. The molecule has 0 bridgehead atoms. The van der Waals surface area contributed by atoms with Crippen molar-refractivity contribution in [3.63, 3.8) is 0 Å². The van der Waals surface area contributed by atoms with Gasteiger partial charge in [0.15, 0.2) is 0 Å². The van der Waals surface area contributed by atoms with Crippen molar-refractivity contribution in [2.24, 2.45) is 0 Å². The van der Waals surface area contributed by atoms with Gasteiger partial charge in [-0.2, -0.15) is 13.2 Å². The van der Waals surface area contributed by atoms with Crippen molar-refractivity contribution < 1.29 is 18.0 Å². The summed E-state index contributed by atoms with van der Waals surface area (Å²) in [6.07, 6.45) is -2.99. The zero-order valence-electron chi connectivity index (χ0n) is 15.4. The number of nitrogens with zero attached hydrogens (tertiary/aromatic N) is 2. The third-order valence-corrected chi connectivity index (χ3v) is 4.50. The van der Waals surface area contributed by atoms with E-state index in [1.54, 1.807) is 28.8 Å². The summed E-state index contributed by atoms with van der Waals surface area (Å²) in [4.78, 5) is 15.6. The van der Waals surface area contributed by atoms with Gasteiger partial charge in [0.05, 0.1) is 16.6 Å². The molecule has 4 aromatic rings. The van der Waals surface area contributed by atoms with Crippen LogP contribution in [0, 0.1) is 0 Å². The first-order chi connectivity index (χ1) is 13.8. The van der Waals surface area contributed by atoms with Crippen LogP contribution in [0.2, 0.25) is 0 Å². The molecular weight excluding hydrogens is 379 g/mol. The fourth-order valence-electron chi connectivity index (χ4n) is 3.28. The maximum absolute atomic E-state index is 13.5. The average molecular weight is 395 g/mol. The second-order valence-electron chi connectivity index (χ2n) is 6.60. The van der Waals surface area contributed by atoms with Gasteiger partial charge < -0.3 is 5.32 Å². The topological polar surface area (TPSA) is 46.9 Å². The molecule has 0 atom stereocenters. The third kappa shape index (κ3) is 3.71. The quantitative estimate of drug-likeness (QED) is 0.486. The second-order valence-corrected chi connectivity index (χ2v) is 6.60. The van der Waals surface area contributed by atoms with Crippen molar-refractivity contribution in [3.8, 4) is 16.8 Å². The molecule has 29 heavy (non-hydrogen) atoms. The molecule has 0 aliphatic rings. The van der Waals surface area contributed by atoms with Gasteiger partial charge >= 0.3 is 6.18 Å². The van der Waals surface area contributed by atoms with Gasteiger partial charge in [-0.15, -0.1) is 0 Å². The highest BCUT2D eigenvalue weighted by Gasteiger charge is 2.32. The van der Waals surface area contributed by atoms with Gasteiger partial charge in [0.25, 0.3) is 0 Å². The van der Waals surface area contributed by atoms with Crippen molar-refractivity contribution in [1.29, 1.82) is 0 Å². The molecule has 0 saturated heterocycles. The van der Waals surface area contributed by atoms with Crippen molar-refractivity contribution in [1.82, 2.24) is 9.55 Å². The molecule has 0 unspecified atom stereocenters. The summed E-state index contributed by atoms with van der Waals surface area (Å²) in [6.45, 7) is 1.37. The Morgan fingerprint density at radius 1 is 1.00 bits per heavy atom. The molecule has 1 N–H and O–H groups in total. The molecule has 1 amide bonds. The number of anilines is 1. The number of benzene rings is 3. The first kappa shape index (κ1) is 18.7. The Kier molecular flexibility index (Phi) is 4.58. The van der Waals surface area contributed by atoms with E-state index in [0.717, 1.165) is 17.8 Å². The molecule has 0 saturated carbocycles. The lowest BCUT2D eigenvalue weighted by Crippen LogP contribution is -2.06. The number of nitrogens with one attached hydrogen (secondary N) is 1. The number of carbonyl (C=O) groups excluding carboxylic acids is 1. The molecule has 146 valence electrons. The SMILES string of the molecule is CC(=O)Nc1cccc(-c2cc(C(F)(F)F)cc3ncn(-c4ccccc4)c23)c1. The number of halogens is 3. The van der Waals surface area contributed by atoms with Gasteiger partial charge in [-0.3, -0.25) is 9.36 Å². The normalized spacial score (nSPS) is 11.6. The summed E-state index contributed by atoms with van der Waals surface area (Å²) in [5, 5.41) is 2.66. The van der Waals surface area contributed by atoms with Crippen LogP contribution in [0.25, 0.3) is 27.8 Å². The third-order valence-electron chi connectivity index (χ3n) is 4.50. The summed E-state index contributed by atoms with van der Waals surface area (Å²) in [7, 11) is 0. The summed E-state index contributed by atoms with van der Waals surface area (Å²) in [5.74, 6) is -0.259. The fourth-order valence-corrected chi connectivity index (χ4v) is 3.28. The van der Waals surface area contributed by atoms with Crippen LogP contribution >= 0.6 is 0 Å². The number of aromatic nitrogens is 2. The highest BCUT2D eigenvalue weighted by Crippen LogP contribution is 2.38. The summed E-state index contributed by atoms with van der Waals surface area (Å²) >= 11 is 0. The average Bonchev–Trinajstić information content (AvgIpc) is 3.11. The van der Waals surface area contributed by atoms with Crippen LogP contribution in [0.15, 0.2) is 73.1 Å². The molecule has 1 heterocycles. The van der Waals surface area contributed by atoms with Crippen LogP contribution in [0.1, 0.15) is 12.5 Å². The maximum Gasteiger partial charge on any atom is 0.416 e. The first-order valence-electron chi connectivity index (χ1n) is 8.85. The number of para-hydroxylation sites is 1. The molecule has 0 aliphatic carbocycles. The van der Waals surface area contributed by atoms with Gasteiger partial charge in [0.1, 0.15) is 6.33 Å². The van der Waals surface area contributed by atoms with E-state index >= 15 is 0 Å². The van der Waals surface area contributed by atoms with Gasteiger partial charge in [0, 0.05) is 23.9 Å². The number of hydrogen-bond donors (Lipinski definition) is 1. The first-order valence-corrected chi connectivity index (χ1v) is 8.85.